The Bertz CT molecular complexity index is 1140. The molecule has 1 aromatic heterocycles. The largest absolute Gasteiger partial charge is 0.451 e. The van der Waals surface area contributed by atoms with Crippen molar-refractivity contribution in [2.75, 3.05) is 6.54 Å². The molecule has 33 heavy (non-hydrogen) atoms. The van der Waals surface area contributed by atoms with Gasteiger partial charge in [0.25, 0.3) is 5.92 Å². The molecule has 0 bridgehead atoms. The van der Waals surface area contributed by atoms with Gasteiger partial charge in [0.05, 0.1) is 11.4 Å². The molecular weight excluding hydrogens is 461 g/mol. The second kappa shape index (κ2) is 9.56. The van der Waals surface area contributed by atoms with Crippen LogP contribution in [-0.2, 0) is 17.3 Å². The van der Waals surface area contributed by atoms with Crippen LogP contribution < -0.4 is 15.0 Å². The summed E-state index contributed by atoms with van der Waals surface area (Å²) in [6.45, 7) is 0.0562. The van der Waals surface area contributed by atoms with E-state index in [4.69, 9.17) is 14.7 Å². The first-order valence-electron chi connectivity index (χ1n) is 10.2. The van der Waals surface area contributed by atoms with Crippen LogP contribution in [0.3, 0.4) is 0 Å². The van der Waals surface area contributed by atoms with E-state index in [0.717, 1.165) is 6.07 Å². The summed E-state index contributed by atoms with van der Waals surface area (Å²) in [5.41, 5.74) is 2.61. The minimum atomic E-state index is -3.40. The van der Waals surface area contributed by atoms with Crippen LogP contribution >= 0.6 is 11.3 Å². The van der Waals surface area contributed by atoms with E-state index in [1.807, 2.05) is 5.48 Å². The normalized spacial score (nSPS) is 15.2. The fourth-order valence-electron chi connectivity index (χ4n) is 3.43. The van der Waals surface area contributed by atoms with Gasteiger partial charge in [-0.1, -0.05) is 30.3 Å². The third-order valence-electron chi connectivity index (χ3n) is 5.16. The van der Waals surface area contributed by atoms with Gasteiger partial charge < -0.3 is 14.7 Å². The Kier molecular flexibility index (Phi) is 6.75. The molecule has 1 amide bonds. The van der Waals surface area contributed by atoms with E-state index in [9.17, 15) is 23.2 Å². The Hall–Kier alpha value is -2.86. The summed E-state index contributed by atoms with van der Waals surface area (Å²) < 4.78 is 55.6. The van der Waals surface area contributed by atoms with Gasteiger partial charge in [0.2, 0.25) is 17.9 Å². The molecule has 2 heterocycles. The van der Waals surface area contributed by atoms with E-state index in [1.54, 1.807) is 30.3 Å². The van der Waals surface area contributed by atoms with Crippen LogP contribution in [0.15, 0.2) is 42.5 Å². The molecule has 11 heteroatoms. The highest BCUT2D eigenvalue weighted by atomic mass is 32.1. The van der Waals surface area contributed by atoms with Crippen LogP contribution in [0, 0.1) is 5.82 Å². The maximum Gasteiger partial charge on any atom is 0.282 e. The Morgan fingerprint density at radius 2 is 1.97 bits per heavy atom. The van der Waals surface area contributed by atoms with Crippen LogP contribution in [0.5, 0.6) is 11.5 Å². The highest BCUT2D eigenvalue weighted by Crippen LogP contribution is 2.47. The van der Waals surface area contributed by atoms with E-state index >= 15 is 0 Å². The third kappa shape index (κ3) is 5.06. The van der Waals surface area contributed by atoms with Crippen molar-refractivity contribution >= 4 is 27.3 Å². The molecule has 4 rings (SSSR count). The predicted octanol–water partition coefficient (Wildman–Crippen LogP) is 4.80. The monoisotopic (exact) mass is 482 g/mol. The molecule has 3 N–H and O–H groups in total. The van der Waals surface area contributed by atoms with Crippen LogP contribution in [0.4, 0.5) is 13.2 Å². The van der Waals surface area contributed by atoms with E-state index in [2.05, 4.69) is 0 Å². The molecule has 1 aliphatic heterocycles. The van der Waals surface area contributed by atoms with Crippen molar-refractivity contribution in [3.8, 4) is 11.5 Å². The van der Waals surface area contributed by atoms with Gasteiger partial charge in [-0.15, -0.1) is 11.3 Å². The molecule has 0 saturated carbocycles. The van der Waals surface area contributed by atoms with Crippen molar-refractivity contribution in [1.82, 2.24) is 10.5 Å². The lowest BCUT2D eigenvalue weighted by Crippen LogP contribution is -2.28. The highest BCUT2D eigenvalue weighted by molar-refractivity contribution is 7.19. The Morgan fingerprint density at radius 1 is 1.21 bits per heavy atom. The average molecular weight is 482 g/mol. The third-order valence-corrected chi connectivity index (χ3v) is 6.35. The fraction of sp³-hybridized carbons (Fsp3) is 0.318. The van der Waals surface area contributed by atoms with E-state index < -0.39 is 41.7 Å². The van der Waals surface area contributed by atoms with Crippen LogP contribution in [0.1, 0.15) is 29.7 Å². The molecule has 0 aliphatic carbocycles. The van der Waals surface area contributed by atoms with Crippen molar-refractivity contribution in [1.29, 1.82) is 0 Å². The Labute approximate surface area is 190 Å². The number of nitrogens with zero attached hydrogens (tertiary/aromatic N) is 1. The zero-order chi connectivity index (χ0) is 23.6. The lowest BCUT2D eigenvalue weighted by molar-refractivity contribution is -0.169. The summed E-state index contributed by atoms with van der Waals surface area (Å²) in [7, 11) is 0. The maximum absolute atomic E-state index is 14.9. The summed E-state index contributed by atoms with van der Waals surface area (Å²) >= 11 is 0.701. The van der Waals surface area contributed by atoms with Gasteiger partial charge >= 0.3 is 0 Å². The Balaban J connectivity index is 1.44. The maximum atomic E-state index is 14.9. The lowest BCUT2D eigenvalue weighted by Gasteiger charge is -2.18. The van der Waals surface area contributed by atoms with E-state index in [-0.39, 0.29) is 41.1 Å². The number of nitrogens with one attached hydrogen (secondary N) is 1. The lowest BCUT2D eigenvalue weighted by atomic mass is 10.1. The summed E-state index contributed by atoms with van der Waals surface area (Å²) in [4.78, 5) is 11.7. The van der Waals surface area contributed by atoms with Gasteiger partial charge in [-0.25, -0.2) is 23.7 Å². The molecule has 176 valence electrons. The van der Waals surface area contributed by atoms with Crippen molar-refractivity contribution in [2.24, 2.45) is 0 Å². The SMILES string of the molecule is O=C(CCC(F)(F)c1cc2c(F)c3c(cc2s1)OC(CCNO)O3)N(O)Cc1ccccc1. The van der Waals surface area contributed by atoms with Gasteiger partial charge in [0.1, 0.15) is 0 Å². The molecular formula is C22H21F3N2O5S. The van der Waals surface area contributed by atoms with Crippen LogP contribution in [-0.4, -0.2) is 34.2 Å². The minimum absolute atomic E-state index is 0.0304. The molecule has 0 fully saturated rings. The number of rotatable bonds is 9. The fourth-order valence-corrected chi connectivity index (χ4v) is 4.52. The molecule has 1 atom stereocenters. The number of carbonyl (C=O) groups is 1. The Morgan fingerprint density at radius 3 is 2.70 bits per heavy atom. The van der Waals surface area contributed by atoms with E-state index in [0.29, 0.717) is 22.0 Å². The van der Waals surface area contributed by atoms with Crippen LogP contribution in [0.25, 0.3) is 10.1 Å². The number of benzene rings is 2. The molecule has 3 aromatic rings. The van der Waals surface area contributed by atoms with Crippen LogP contribution in [0.2, 0.25) is 0 Å². The number of alkyl halides is 2. The molecule has 0 radical (unpaired) electrons. The first-order chi connectivity index (χ1) is 15.8. The van der Waals surface area contributed by atoms with Gasteiger partial charge in [-0.05, 0) is 11.6 Å². The number of hydrogen-bond donors (Lipinski definition) is 3. The first-order valence-corrected chi connectivity index (χ1v) is 11.0. The molecule has 0 saturated heterocycles. The number of fused-ring (bicyclic) bond motifs is 2. The van der Waals surface area contributed by atoms with Crippen molar-refractivity contribution < 1.29 is 37.9 Å². The number of thiophene rings is 1. The smallest absolute Gasteiger partial charge is 0.282 e. The number of ether oxygens (including phenoxy) is 2. The van der Waals surface area contributed by atoms with Crippen molar-refractivity contribution in [2.45, 2.75) is 38.0 Å². The minimum Gasteiger partial charge on any atom is -0.451 e. The molecule has 1 aliphatic rings. The summed E-state index contributed by atoms with van der Waals surface area (Å²) in [6, 6.07) is 11.1. The summed E-state index contributed by atoms with van der Waals surface area (Å²) in [5, 5.41) is 18.9. The van der Waals surface area contributed by atoms with Gasteiger partial charge in [-0.3, -0.25) is 10.0 Å². The quantitative estimate of drug-likeness (QED) is 0.300. The summed E-state index contributed by atoms with van der Waals surface area (Å²) in [5.74, 6) is -5.10. The number of halogens is 3. The molecule has 1 unspecified atom stereocenters. The number of amides is 1. The number of hydrogen-bond acceptors (Lipinski definition) is 7. The predicted molar refractivity (Wildman–Crippen MR) is 113 cm³/mol. The second-order valence-corrected chi connectivity index (χ2v) is 8.63. The molecule has 7 nitrogen and oxygen atoms in total. The summed E-state index contributed by atoms with van der Waals surface area (Å²) in [6.07, 6.45) is -1.97. The average Bonchev–Trinajstić information content (AvgIpc) is 3.42. The topological polar surface area (TPSA) is 91.3 Å². The van der Waals surface area contributed by atoms with Crippen molar-refractivity contribution in [3.63, 3.8) is 0 Å². The highest BCUT2D eigenvalue weighted by Gasteiger charge is 2.36. The van der Waals surface area contributed by atoms with Crippen molar-refractivity contribution in [3.05, 3.63) is 58.7 Å². The number of hydroxylamine groups is 3. The van der Waals surface area contributed by atoms with Gasteiger partial charge in [-0.2, -0.15) is 0 Å². The first kappa shape index (κ1) is 23.3. The molecule has 0 spiro atoms. The standard InChI is InChI=1S/C22H21F3N2O5S/c23-20-14-10-17(33-16(14)11-15-21(20)32-19(31-15)7-9-26-29)22(24,25)8-6-18(28)27(30)12-13-4-2-1-3-5-13/h1-5,10-11,19,26,29-30H,6-9,12H2. The van der Waals surface area contributed by atoms with Gasteiger partial charge in [0.15, 0.2) is 11.6 Å². The molecule has 2 aromatic carbocycles. The zero-order valence-corrected chi connectivity index (χ0v) is 18.1. The zero-order valence-electron chi connectivity index (χ0n) is 17.3. The van der Waals surface area contributed by atoms with Gasteiger partial charge in [0, 0.05) is 42.0 Å². The second-order valence-electron chi connectivity index (χ2n) is 7.54. The number of carbonyl (C=O) groups excluding carboxylic acids is 1. The van der Waals surface area contributed by atoms with E-state index in [1.165, 1.54) is 6.07 Å².